The third kappa shape index (κ3) is 3.04. The molecule has 7 heteroatoms. The summed E-state index contributed by atoms with van der Waals surface area (Å²) in [5.41, 5.74) is 0. The minimum absolute atomic E-state index is 0.161. The first-order valence-corrected chi connectivity index (χ1v) is 6.31. The molecule has 1 aliphatic heterocycles. The van der Waals surface area contributed by atoms with Crippen molar-refractivity contribution in [1.29, 1.82) is 0 Å². The van der Waals surface area contributed by atoms with Crippen molar-refractivity contribution in [2.45, 2.75) is 12.5 Å². The van der Waals surface area contributed by atoms with Crippen LogP contribution in [0.1, 0.15) is 17.0 Å². The van der Waals surface area contributed by atoms with Gasteiger partial charge in [0.2, 0.25) is 0 Å². The van der Waals surface area contributed by atoms with E-state index >= 15 is 0 Å². The second-order valence-corrected chi connectivity index (χ2v) is 4.82. The van der Waals surface area contributed by atoms with E-state index in [-0.39, 0.29) is 23.9 Å². The smallest absolute Gasteiger partial charge is 0.409 e. The molecular formula is C11H13BrN2O4. The molecule has 1 unspecified atom stereocenters. The highest BCUT2D eigenvalue weighted by molar-refractivity contribution is 9.10. The Hall–Kier alpha value is -1.50. The summed E-state index contributed by atoms with van der Waals surface area (Å²) in [7, 11) is 1.68. The average molecular weight is 317 g/mol. The van der Waals surface area contributed by atoms with E-state index in [9.17, 15) is 9.59 Å². The highest BCUT2D eigenvalue weighted by atomic mass is 79.9. The van der Waals surface area contributed by atoms with Crippen LogP contribution in [0.25, 0.3) is 0 Å². The highest BCUT2D eigenvalue weighted by Crippen LogP contribution is 2.14. The molecule has 1 aromatic heterocycles. The topological polar surface area (TPSA) is 71.8 Å². The number of hydrogen-bond donors (Lipinski definition) is 1. The van der Waals surface area contributed by atoms with Crippen molar-refractivity contribution in [3.05, 3.63) is 22.6 Å². The second-order valence-electron chi connectivity index (χ2n) is 4.03. The molecule has 0 bridgehead atoms. The van der Waals surface area contributed by atoms with Crippen LogP contribution in [0.3, 0.4) is 0 Å². The van der Waals surface area contributed by atoms with E-state index in [0.717, 1.165) is 0 Å². The number of rotatable bonds is 4. The van der Waals surface area contributed by atoms with Gasteiger partial charge in [0.05, 0.1) is 6.54 Å². The van der Waals surface area contributed by atoms with Gasteiger partial charge >= 0.3 is 6.09 Å². The number of nitrogens with zero attached hydrogens (tertiary/aromatic N) is 1. The van der Waals surface area contributed by atoms with Gasteiger partial charge in [0.1, 0.15) is 6.10 Å². The highest BCUT2D eigenvalue weighted by Gasteiger charge is 2.27. The lowest BCUT2D eigenvalue weighted by Crippen LogP contribution is -2.28. The van der Waals surface area contributed by atoms with Crippen LogP contribution >= 0.6 is 15.9 Å². The van der Waals surface area contributed by atoms with E-state index in [2.05, 4.69) is 21.2 Å². The molecule has 1 atom stereocenters. The summed E-state index contributed by atoms with van der Waals surface area (Å²) < 4.78 is 10.7. The summed E-state index contributed by atoms with van der Waals surface area (Å²) in [4.78, 5) is 24.2. The number of carbonyl (C=O) groups excluding carboxylic acids is 2. The van der Waals surface area contributed by atoms with Gasteiger partial charge in [-0.05, 0) is 28.1 Å². The Bertz CT molecular complexity index is 460. The fraction of sp³-hybridized carbons (Fsp3) is 0.455. The average Bonchev–Trinajstić information content (AvgIpc) is 2.87. The zero-order valence-corrected chi connectivity index (χ0v) is 11.4. The molecule has 1 fully saturated rings. The maximum absolute atomic E-state index is 11.6. The van der Waals surface area contributed by atoms with Crippen LogP contribution in [0.4, 0.5) is 4.79 Å². The van der Waals surface area contributed by atoms with Crippen LogP contribution in [-0.2, 0) is 4.74 Å². The van der Waals surface area contributed by atoms with E-state index < -0.39 is 0 Å². The lowest BCUT2D eigenvalue weighted by atomic mass is 10.2. The molecule has 0 spiro atoms. The third-order valence-corrected chi connectivity index (χ3v) is 3.03. The maximum Gasteiger partial charge on any atom is 0.409 e. The van der Waals surface area contributed by atoms with Gasteiger partial charge in [-0.2, -0.15) is 0 Å². The van der Waals surface area contributed by atoms with Crippen LogP contribution in [-0.4, -0.2) is 43.1 Å². The molecule has 1 saturated heterocycles. The number of likely N-dealkylation sites (N-methyl/N-ethyl adjacent to an activating group) is 1. The summed E-state index contributed by atoms with van der Waals surface area (Å²) in [6.45, 7) is 0.990. The number of carbonyl (C=O) groups is 2. The first kappa shape index (κ1) is 12.9. The number of cyclic esters (lactones) is 1. The van der Waals surface area contributed by atoms with Gasteiger partial charge in [-0.1, -0.05) is 0 Å². The van der Waals surface area contributed by atoms with Crippen molar-refractivity contribution in [3.63, 3.8) is 0 Å². The van der Waals surface area contributed by atoms with Crippen LogP contribution in [0.15, 0.2) is 21.2 Å². The Balaban J connectivity index is 1.73. The molecule has 1 aliphatic rings. The predicted octanol–water partition coefficient (Wildman–Crippen LogP) is 1.61. The Labute approximate surface area is 112 Å². The standard InChI is InChI=1S/C11H13BrN2O4/c1-14-6-7(17-11(14)16)4-5-13-10(15)8-2-3-9(12)18-8/h2-3,7H,4-6H2,1H3,(H,13,15). The number of ether oxygens (including phenoxy) is 1. The van der Waals surface area contributed by atoms with Crippen molar-refractivity contribution >= 4 is 27.9 Å². The van der Waals surface area contributed by atoms with Gasteiger partial charge in [-0.15, -0.1) is 0 Å². The lowest BCUT2D eigenvalue weighted by molar-refractivity contribution is 0.0915. The van der Waals surface area contributed by atoms with Crippen molar-refractivity contribution in [2.75, 3.05) is 20.1 Å². The largest absolute Gasteiger partial charge is 0.444 e. The van der Waals surface area contributed by atoms with Gasteiger partial charge in [0, 0.05) is 20.0 Å². The number of nitrogens with one attached hydrogen (secondary N) is 1. The minimum Gasteiger partial charge on any atom is -0.444 e. The van der Waals surface area contributed by atoms with Crippen LogP contribution in [0.5, 0.6) is 0 Å². The molecule has 98 valence electrons. The summed E-state index contributed by atoms with van der Waals surface area (Å²) in [5.74, 6) is -0.0270. The molecule has 1 aromatic rings. The molecule has 2 rings (SSSR count). The van der Waals surface area contributed by atoms with Crippen molar-refractivity contribution in [1.82, 2.24) is 10.2 Å². The van der Waals surface area contributed by atoms with E-state index in [1.807, 2.05) is 0 Å². The van der Waals surface area contributed by atoms with E-state index in [1.165, 1.54) is 4.90 Å². The van der Waals surface area contributed by atoms with Crippen LogP contribution in [0.2, 0.25) is 0 Å². The number of furan rings is 1. The summed E-state index contributed by atoms with van der Waals surface area (Å²) in [5, 5.41) is 2.71. The Kier molecular flexibility index (Phi) is 3.90. The van der Waals surface area contributed by atoms with Crippen LogP contribution in [0, 0.1) is 0 Å². The molecular weight excluding hydrogens is 304 g/mol. The monoisotopic (exact) mass is 316 g/mol. The van der Waals surface area contributed by atoms with Gasteiger partial charge < -0.3 is 19.4 Å². The summed E-state index contributed by atoms with van der Waals surface area (Å²) >= 11 is 3.13. The van der Waals surface area contributed by atoms with Gasteiger partial charge in [0.15, 0.2) is 10.4 Å². The fourth-order valence-corrected chi connectivity index (χ4v) is 1.98. The number of hydrogen-bond acceptors (Lipinski definition) is 4. The van der Waals surface area contributed by atoms with Crippen molar-refractivity contribution < 1.29 is 18.7 Å². The van der Waals surface area contributed by atoms with Crippen molar-refractivity contribution in [3.8, 4) is 0 Å². The van der Waals surface area contributed by atoms with E-state index in [4.69, 9.17) is 9.15 Å². The predicted molar refractivity (Wildman–Crippen MR) is 66.3 cm³/mol. The molecule has 1 N–H and O–H groups in total. The Morgan fingerprint density at radius 1 is 1.61 bits per heavy atom. The van der Waals surface area contributed by atoms with E-state index in [1.54, 1.807) is 19.2 Å². The first-order chi connectivity index (χ1) is 8.56. The molecule has 18 heavy (non-hydrogen) atoms. The second kappa shape index (κ2) is 5.43. The van der Waals surface area contributed by atoms with Crippen molar-refractivity contribution in [2.24, 2.45) is 0 Å². The molecule has 6 nitrogen and oxygen atoms in total. The zero-order valence-electron chi connectivity index (χ0n) is 9.81. The fourth-order valence-electron chi connectivity index (χ4n) is 1.67. The van der Waals surface area contributed by atoms with Gasteiger partial charge in [-0.25, -0.2) is 4.79 Å². The maximum atomic E-state index is 11.6. The lowest BCUT2D eigenvalue weighted by Gasteiger charge is -2.08. The normalized spacial score (nSPS) is 18.9. The Morgan fingerprint density at radius 3 is 2.94 bits per heavy atom. The molecule has 0 aromatic carbocycles. The zero-order chi connectivity index (χ0) is 13.1. The molecule has 2 heterocycles. The summed E-state index contributed by atoms with van der Waals surface area (Å²) in [6.07, 6.45) is 0.108. The van der Waals surface area contributed by atoms with Gasteiger partial charge in [0.25, 0.3) is 5.91 Å². The van der Waals surface area contributed by atoms with Crippen LogP contribution < -0.4 is 5.32 Å². The third-order valence-electron chi connectivity index (χ3n) is 2.61. The number of amides is 2. The quantitative estimate of drug-likeness (QED) is 0.916. The first-order valence-electron chi connectivity index (χ1n) is 5.51. The SMILES string of the molecule is CN1CC(CCNC(=O)c2ccc(Br)o2)OC1=O. The van der Waals surface area contributed by atoms with Gasteiger partial charge in [-0.3, -0.25) is 4.79 Å². The molecule has 0 aliphatic carbocycles. The Morgan fingerprint density at radius 2 is 2.39 bits per heavy atom. The minimum atomic E-state index is -0.318. The molecule has 0 radical (unpaired) electrons. The molecule has 2 amide bonds. The summed E-state index contributed by atoms with van der Waals surface area (Å²) in [6, 6.07) is 3.24. The number of halogens is 1. The molecule has 0 saturated carbocycles. The van der Waals surface area contributed by atoms with E-state index in [0.29, 0.717) is 24.2 Å².